The molecule has 4 rings (SSSR count). The van der Waals surface area contributed by atoms with Gasteiger partial charge < -0.3 is 19.9 Å². The van der Waals surface area contributed by atoms with Crippen molar-refractivity contribution < 1.29 is 27.8 Å². The standard InChI is InChI=1S/C27H26ClF3N4O4/c1-4-16-8-9-18(20(28)12-16)24(26(37,15-38-2)27(29,30)31)34-21-6-5-7-22-19(21)10-11-23(36)35(22)17-13-32-25(39-3)33-14-17/h5-14,24,34,37H,4,15H2,1-3H3. The van der Waals surface area contributed by atoms with Crippen molar-refractivity contribution in [1.82, 2.24) is 14.5 Å². The molecule has 2 aromatic heterocycles. The maximum atomic E-state index is 14.4. The fourth-order valence-corrected chi connectivity index (χ4v) is 4.69. The Bertz CT molecular complexity index is 1530. The Morgan fingerprint density at radius 3 is 2.41 bits per heavy atom. The van der Waals surface area contributed by atoms with Crippen LogP contribution in [0.1, 0.15) is 24.1 Å². The van der Waals surface area contributed by atoms with Crippen molar-refractivity contribution in [3.8, 4) is 11.7 Å². The van der Waals surface area contributed by atoms with Crippen LogP contribution in [0.5, 0.6) is 6.01 Å². The fraction of sp³-hybridized carbons (Fsp3) is 0.296. The molecule has 2 aromatic carbocycles. The van der Waals surface area contributed by atoms with E-state index in [4.69, 9.17) is 21.1 Å². The van der Waals surface area contributed by atoms with Crippen LogP contribution in [0.3, 0.4) is 0 Å². The Balaban J connectivity index is 1.91. The summed E-state index contributed by atoms with van der Waals surface area (Å²) in [6.45, 7) is 0.834. The van der Waals surface area contributed by atoms with Crippen LogP contribution in [0.15, 0.2) is 65.7 Å². The van der Waals surface area contributed by atoms with E-state index in [1.165, 1.54) is 42.3 Å². The number of nitrogens with zero attached hydrogens (tertiary/aromatic N) is 3. The van der Waals surface area contributed by atoms with Crippen molar-refractivity contribution in [1.29, 1.82) is 0 Å². The average Bonchev–Trinajstić information content (AvgIpc) is 2.91. The third-order valence-electron chi connectivity index (χ3n) is 6.41. The normalized spacial score (nSPS) is 14.2. The van der Waals surface area contributed by atoms with Gasteiger partial charge in [-0.25, -0.2) is 9.97 Å². The van der Waals surface area contributed by atoms with Gasteiger partial charge in [-0.15, -0.1) is 0 Å². The highest BCUT2D eigenvalue weighted by molar-refractivity contribution is 6.31. The summed E-state index contributed by atoms with van der Waals surface area (Å²) in [4.78, 5) is 20.9. The molecular formula is C27H26ClF3N4O4. The summed E-state index contributed by atoms with van der Waals surface area (Å²) in [5.74, 6) is 0. The first kappa shape index (κ1) is 28.3. The molecule has 0 aliphatic rings. The SMILES string of the molecule is CCc1ccc(C(Nc2cccc3c2ccc(=O)n3-c2cnc(OC)nc2)C(O)(COC)C(F)(F)F)c(Cl)c1. The number of aliphatic hydroxyl groups is 1. The van der Waals surface area contributed by atoms with Gasteiger partial charge in [0.15, 0.2) is 0 Å². The Morgan fingerprint density at radius 2 is 1.82 bits per heavy atom. The molecule has 2 heterocycles. The van der Waals surface area contributed by atoms with E-state index in [-0.39, 0.29) is 22.3 Å². The predicted octanol–water partition coefficient (Wildman–Crippen LogP) is 5.10. The number of nitrogens with one attached hydrogen (secondary N) is 1. The highest BCUT2D eigenvalue weighted by Gasteiger charge is 2.60. The Kier molecular flexibility index (Phi) is 8.15. The van der Waals surface area contributed by atoms with Crippen molar-refractivity contribution in [2.45, 2.75) is 31.2 Å². The third kappa shape index (κ3) is 5.42. The van der Waals surface area contributed by atoms with E-state index >= 15 is 0 Å². The molecule has 4 aromatic rings. The molecule has 206 valence electrons. The smallest absolute Gasteiger partial charge is 0.421 e. The zero-order valence-electron chi connectivity index (χ0n) is 21.3. The molecule has 2 unspecified atom stereocenters. The molecule has 2 N–H and O–H groups in total. The molecular weight excluding hydrogens is 537 g/mol. The zero-order chi connectivity index (χ0) is 28.4. The number of aromatic nitrogens is 3. The first-order chi connectivity index (χ1) is 18.5. The zero-order valence-corrected chi connectivity index (χ0v) is 22.0. The molecule has 0 amide bonds. The van der Waals surface area contributed by atoms with E-state index in [0.29, 0.717) is 23.0 Å². The van der Waals surface area contributed by atoms with Gasteiger partial charge >= 0.3 is 12.2 Å². The number of halogens is 4. The monoisotopic (exact) mass is 562 g/mol. The minimum absolute atomic E-state index is 0.0274. The molecule has 0 fully saturated rings. The number of rotatable bonds is 9. The average molecular weight is 563 g/mol. The maximum Gasteiger partial charge on any atom is 0.421 e. The Morgan fingerprint density at radius 1 is 1.10 bits per heavy atom. The van der Waals surface area contributed by atoms with Gasteiger partial charge in [-0.1, -0.05) is 36.7 Å². The van der Waals surface area contributed by atoms with Crippen LogP contribution in [-0.2, 0) is 11.2 Å². The highest BCUT2D eigenvalue weighted by Crippen LogP contribution is 2.45. The lowest BCUT2D eigenvalue weighted by molar-refractivity contribution is -0.279. The molecule has 2 atom stereocenters. The van der Waals surface area contributed by atoms with Crippen molar-refractivity contribution >= 4 is 28.2 Å². The number of hydrogen-bond acceptors (Lipinski definition) is 7. The van der Waals surface area contributed by atoms with Gasteiger partial charge in [-0.2, -0.15) is 13.2 Å². The molecule has 0 saturated heterocycles. The van der Waals surface area contributed by atoms with E-state index in [0.717, 1.165) is 12.7 Å². The molecule has 0 radical (unpaired) electrons. The summed E-state index contributed by atoms with van der Waals surface area (Å²) in [7, 11) is 2.48. The van der Waals surface area contributed by atoms with Gasteiger partial charge in [0, 0.05) is 29.3 Å². The molecule has 0 spiro atoms. The number of methoxy groups -OCH3 is 2. The molecule has 12 heteroatoms. The summed E-state index contributed by atoms with van der Waals surface area (Å²) in [5, 5.41) is 14.4. The molecule has 0 aliphatic heterocycles. The molecule has 39 heavy (non-hydrogen) atoms. The minimum Gasteiger partial charge on any atom is -0.467 e. The van der Waals surface area contributed by atoms with Crippen molar-refractivity contribution in [2.24, 2.45) is 0 Å². The van der Waals surface area contributed by atoms with E-state index < -0.39 is 30.0 Å². The second kappa shape index (κ2) is 11.2. The lowest BCUT2D eigenvalue weighted by Gasteiger charge is -2.39. The summed E-state index contributed by atoms with van der Waals surface area (Å²) in [6, 6.07) is 10.5. The quantitative estimate of drug-likeness (QED) is 0.293. The predicted molar refractivity (Wildman–Crippen MR) is 142 cm³/mol. The Hall–Kier alpha value is -3.67. The number of benzene rings is 2. The Labute approximate surface area is 227 Å². The van der Waals surface area contributed by atoms with E-state index in [9.17, 15) is 23.1 Å². The van der Waals surface area contributed by atoms with Gasteiger partial charge in [0.2, 0.25) is 5.60 Å². The fourth-order valence-electron chi connectivity index (χ4n) is 4.38. The van der Waals surface area contributed by atoms with Gasteiger partial charge in [0.25, 0.3) is 5.56 Å². The van der Waals surface area contributed by atoms with Crippen LogP contribution in [-0.4, -0.2) is 52.2 Å². The van der Waals surface area contributed by atoms with Gasteiger partial charge in [0.1, 0.15) is 0 Å². The first-order valence-corrected chi connectivity index (χ1v) is 12.3. The number of pyridine rings is 1. The van der Waals surface area contributed by atoms with Gasteiger partial charge in [0.05, 0.1) is 43.4 Å². The molecule has 8 nitrogen and oxygen atoms in total. The summed E-state index contributed by atoms with van der Waals surface area (Å²) < 4.78 is 54.4. The highest BCUT2D eigenvalue weighted by atomic mass is 35.5. The number of fused-ring (bicyclic) bond motifs is 1. The van der Waals surface area contributed by atoms with Crippen molar-refractivity contribution in [3.05, 3.63) is 87.4 Å². The first-order valence-electron chi connectivity index (χ1n) is 11.9. The number of ether oxygens (including phenoxy) is 2. The maximum absolute atomic E-state index is 14.4. The minimum atomic E-state index is -5.10. The number of hydrogen-bond donors (Lipinski definition) is 2. The van der Waals surface area contributed by atoms with E-state index in [2.05, 4.69) is 15.3 Å². The van der Waals surface area contributed by atoms with Crippen LogP contribution in [0.4, 0.5) is 18.9 Å². The summed E-state index contributed by atoms with van der Waals surface area (Å²) in [6.07, 6.45) is -1.69. The summed E-state index contributed by atoms with van der Waals surface area (Å²) in [5.41, 5.74) is -2.01. The van der Waals surface area contributed by atoms with Crippen LogP contribution in [0.2, 0.25) is 5.02 Å². The van der Waals surface area contributed by atoms with Crippen LogP contribution < -0.4 is 15.6 Å². The number of anilines is 1. The second-order valence-corrected chi connectivity index (χ2v) is 9.22. The largest absolute Gasteiger partial charge is 0.467 e. The van der Waals surface area contributed by atoms with Crippen LogP contribution >= 0.6 is 11.6 Å². The number of alkyl halides is 3. The van der Waals surface area contributed by atoms with E-state index in [1.807, 2.05) is 6.92 Å². The molecule has 0 aliphatic carbocycles. The van der Waals surface area contributed by atoms with Crippen LogP contribution in [0, 0.1) is 0 Å². The third-order valence-corrected chi connectivity index (χ3v) is 6.74. The lowest BCUT2D eigenvalue weighted by atomic mass is 9.87. The summed E-state index contributed by atoms with van der Waals surface area (Å²) >= 11 is 6.47. The molecule has 0 saturated carbocycles. The van der Waals surface area contributed by atoms with Gasteiger partial charge in [-0.3, -0.25) is 9.36 Å². The van der Waals surface area contributed by atoms with Crippen LogP contribution in [0.25, 0.3) is 16.6 Å². The van der Waals surface area contributed by atoms with Gasteiger partial charge in [-0.05, 0) is 41.8 Å². The number of aryl methyl sites for hydroxylation is 1. The van der Waals surface area contributed by atoms with Crippen molar-refractivity contribution in [2.75, 3.05) is 26.1 Å². The van der Waals surface area contributed by atoms with E-state index in [1.54, 1.807) is 30.3 Å². The lowest BCUT2D eigenvalue weighted by Crippen LogP contribution is -2.55. The van der Waals surface area contributed by atoms with Crippen molar-refractivity contribution in [3.63, 3.8) is 0 Å². The topological polar surface area (TPSA) is 98.5 Å². The molecule has 0 bridgehead atoms. The second-order valence-electron chi connectivity index (χ2n) is 8.82.